The molecule has 3 aliphatic rings. The molecular weight excluding hydrogens is 324 g/mol. The van der Waals surface area contributed by atoms with Crippen molar-refractivity contribution in [3.8, 4) is 11.5 Å². The van der Waals surface area contributed by atoms with E-state index in [2.05, 4.69) is 0 Å². The first-order valence-corrected chi connectivity index (χ1v) is 9.01. The maximum Gasteiger partial charge on any atom is 0.286 e. The van der Waals surface area contributed by atoms with Crippen molar-refractivity contribution in [1.82, 2.24) is 4.90 Å². The van der Waals surface area contributed by atoms with E-state index in [1.54, 1.807) is 4.90 Å². The number of likely N-dealkylation sites (tertiary alicyclic amines) is 1. The number of fused-ring (bicyclic) bond motifs is 2. The molecule has 134 valence electrons. The molecule has 2 fully saturated rings. The van der Waals surface area contributed by atoms with Gasteiger partial charge < -0.3 is 14.4 Å². The minimum absolute atomic E-state index is 0.100. The van der Waals surface area contributed by atoms with Gasteiger partial charge in [-0.1, -0.05) is 19.3 Å². The van der Waals surface area contributed by atoms with Crippen molar-refractivity contribution in [2.24, 2.45) is 11.8 Å². The number of rotatable bonds is 2. The molecule has 2 heterocycles. The lowest BCUT2D eigenvalue weighted by Crippen LogP contribution is -2.44. The fourth-order valence-corrected chi connectivity index (χ4v) is 4.36. The lowest BCUT2D eigenvalue weighted by Gasteiger charge is -2.41. The van der Waals surface area contributed by atoms with E-state index in [4.69, 9.17) is 9.47 Å². The van der Waals surface area contributed by atoms with Gasteiger partial charge in [0, 0.05) is 19.2 Å². The number of hydrogen-bond acceptors (Lipinski definition) is 5. The topological polar surface area (TPSA) is 81.9 Å². The number of hydrogen-bond donors (Lipinski definition) is 0. The Bertz CT molecular complexity index is 705. The van der Waals surface area contributed by atoms with Crippen LogP contribution in [0.1, 0.15) is 42.5 Å². The molecule has 0 aromatic heterocycles. The van der Waals surface area contributed by atoms with Gasteiger partial charge in [-0.2, -0.15) is 0 Å². The summed E-state index contributed by atoms with van der Waals surface area (Å²) in [4.78, 5) is 25.7. The van der Waals surface area contributed by atoms with E-state index < -0.39 is 4.92 Å². The molecule has 1 aromatic rings. The molecule has 1 aliphatic carbocycles. The van der Waals surface area contributed by atoms with Crippen LogP contribution in [0.5, 0.6) is 11.5 Å². The van der Waals surface area contributed by atoms with Crippen LogP contribution in [0, 0.1) is 22.0 Å². The van der Waals surface area contributed by atoms with Gasteiger partial charge >= 0.3 is 0 Å². The molecule has 7 heteroatoms. The molecule has 0 bridgehead atoms. The highest BCUT2D eigenvalue weighted by molar-refractivity contribution is 5.99. The average Bonchev–Trinajstić information content (AvgIpc) is 2.66. The molecule has 1 saturated carbocycles. The number of amides is 1. The monoisotopic (exact) mass is 346 g/mol. The first-order chi connectivity index (χ1) is 12.1. The minimum atomic E-state index is -0.515. The highest BCUT2D eigenvalue weighted by Crippen LogP contribution is 2.39. The Morgan fingerprint density at radius 2 is 1.76 bits per heavy atom. The van der Waals surface area contributed by atoms with E-state index in [1.165, 1.54) is 31.4 Å². The first kappa shape index (κ1) is 16.2. The number of piperidine rings is 1. The smallest absolute Gasteiger partial charge is 0.286 e. The minimum Gasteiger partial charge on any atom is -0.486 e. The summed E-state index contributed by atoms with van der Waals surface area (Å²) >= 11 is 0. The van der Waals surface area contributed by atoms with Crippen LogP contribution in [0.25, 0.3) is 0 Å². The van der Waals surface area contributed by atoms with Crippen molar-refractivity contribution >= 4 is 11.6 Å². The number of carbonyl (C=O) groups is 1. The van der Waals surface area contributed by atoms with E-state index in [1.807, 2.05) is 0 Å². The summed E-state index contributed by atoms with van der Waals surface area (Å²) in [6.45, 7) is 2.11. The number of carbonyl (C=O) groups excluding carboxylic acids is 1. The molecule has 4 rings (SSSR count). The molecule has 1 aromatic carbocycles. The molecule has 1 saturated heterocycles. The molecule has 0 N–H and O–H groups in total. The molecule has 0 radical (unpaired) electrons. The quantitative estimate of drug-likeness (QED) is 0.607. The van der Waals surface area contributed by atoms with Crippen LogP contribution in [0.2, 0.25) is 0 Å². The summed E-state index contributed by atoms with van der Waals surface area (Å²) < 4.78 is 10.9. The van der Waals surface area contributed by atoms with Gasteiger partial charge in [0.25, 0.3) is 11.6 Å². The van der Waals surface area contributed by atoms with Gasteiger partial charge in [-0.25, -0.2) is 0 Å². The zero-order valence-corrected chi connectivity index (χ0v) is 14.1. The second kappa shape index (κ2) is 6.54. The molecule has 7 nitrogen and oxygen atoms in total. The summed E-state index contributed by atoms with van der Waals surface area (Å²) in [7, 11) is 0. The summed E-state index contributed by atoms with van der Waals surface area (Å²) in [6.07, 6.45) is 5.89. The summed E-state index contributed by atoms with van der Waals surface area (Å²) in [6, 6.07) is 2.79. The fourth-order valence-electron chi connectivity index (χ4n) is 4.36. The van der Waals surface area contributed by atoms with Crippen molar-refractivity contribution in [3.63, 3.8) is 0 Å². The normalized spacial score (nSPS) is 25.2. The SMILES string of the molecule is O=C(c1cc2c(cc1[N+](=O)[O-])OCCO2)N1CC[C@@H]2CCCC[C@H]2C1. The van der Waals surface area contributed by atoms with Crippen LogP contribution in [-0.4, -0.2) is 42.0 Å². The van der Waals surface area contributed by atoms with Gasteiger partial charge in [0.1, 0.15) is 18.8 Å². The Labute approximate surface area is 146 Å². The van der Waals surface area contributed by atoms with Crippen molar-refractivity contribution in [2.75, 3.05) is 26.3 Å². The van der Waals surface area contributed by atoms with E-state index in [9.17, 15) is 14.9 Å². The standard InChI is InChI=1S/C18H22N2O5/c21-18(19-6-5-12-3-1-2-4-13(12)11-19)14-9-16-17(25-8-7-24-16)10-15(14)20(22)23/h9-10,12-13H,1-8,11H2/t12-,13-/m0/s1. The largest absolute Gasteiger partial charge is 0.486 e. The van der Waals surface area contributed by atoms with E-state index in [0.717, 1.165) is 12.8 Å². The fraction of sp³-hybridized carbons (Fsp3) is 0.611. The number of benzene rings is 1. The first-order valence-electron chi connectivity index (χ1n) is 9.01. The Hall–Kier alpha value is -2.31. The maximum atomic E-state index is 13.0. The lowest BCUT2D eigenvalue weighted by atomic mass is 9.75. The van der Waals surface area contributed by atoms with Gasteiger partial charge in [-0.15, -0.1) is 0 Å². The number of nitrogens with zero attached hydrogens (tertiary/aromatic N) is 2. The number of ether oxygens (including phenoxy) is 2. The van der Waals surface area contributed by atoms with Gasteiger partial charge in [0.2, 0.25) is 0 Å². The van der Waals surface area contributed by atoms with Crippen LogP contribution < -0.4 is 9.47 Å². The third-order valence-corrected chi connectivity index (χ3v) is 5.67. The maximum absolute atomic E-state index is 13.0. The second-order valence-electron chi connectivity index (χ2n) is 7.11. The predicted molar refractivity (Wildman–Crippen MR) is 90.1 cm³/mol. The van der Waals surface area contributed by atoms with Crippen molar-refractivity contribution in [1.29, 1.82) is 0 Å². The molecule has 0 unspecified atom stereocenters. The third kappa shape index (κ3) is 3.03. The Morgan fingerprint density at radius 1 is 1.08 bits per heavy atom. The van der Waals surface area contributed by atoms with Crippen molar-refractivity contribution in [2.45, 2.75) is 32.1 Å². The lowest BCUT2D eigenvalue weighted by molar-refractivity contribution is -0.385. The Morgan fingerprint density at radius 3 is 2.48 bits per heavy atom. The van der Waals surface area contributed by atoms with Gasteiger partial charge in [0.05, 0.1) is 11.0 Å². The van der Waals surface area contributed by atoms with E-state index in [-0.39, 0.29) is 17.2 Å². The highest BCUT2D eigenvalue weighted by Gasteiger charge is 2.36. The van der Waals surface area contributed by atoms with Crippen LogP contribution in [-0.2, 0) is 0 Å². The molecule has 1 amide bonds. The van der Waals surface area contributed by atoms with Gasteiger partial charge in [-0.3, -0.25) is 14.9 Å². The van der Waals surface area contributed by atoms with Crippen molar-refractivity contribution in [3.05, 3.63) is 27.8 Å². The summed E-state index contributed by atoms with van der Waals surface area (Å²) in [5, 5.41) is 11.5. The molecule has 0 spiro atoms. The van der Waals surface area contributed by atoms with Crippen molar-refractivity contribution < 1.29 is 19.2 Å². The molecule has 2 aliphatic heterocycles. The zero-order valence-electron chi connectivity index (χ0n) is 14.1. The number of nitro benzene ring substituents is 1. The predicted octanol–water partition coefficient (Wildman–Crippen LogP) is 3.02. The Kier molecular flexibility index (Phi) is 4.23. The van der Waals surface area contributed by atoms with Crippen LogP contribution in [0.3, 0.4) is 0 Å². The molecular formula is C18H22N2O5. The van der Waals surface area contributed by atoms with Crippen LogP contribution in [0.4, 0.5) is 5.69 Å². The zero-order chi connectivity index (χ0) is 17.4. The highest BCUT2D eigenvalue weighted by atomic mass is 16.6. The van der Waals surface area contributed by atoms with E-state index >= 15 is 0 Å². The average molecular weight is 346 g/mol. The number of nitro groups is 1. The van der Waals surface area contributed by atoms with Crippen LogP contribution >= 0.6 is 0 Å². The van der Waals surface area contributed by atoms with Gasteiger partial charge in [-0.05, 0) is 24.7 Å². The third-order valence-electron chi connectivity index (χ3n) is 5.67. The second-order valence-corrected chi connectivity index (χ2v) is 7.11. The summed E-state index contributed by atoms with van der Waals surface area (Å²) in [5.74, 6) is 1.71. The Balaban J connectivity index is 1.61. The van der Waals surface area contributed by atoms with E-state index in [0.29, 0.717) is 49.6 Å². The van der Waals surface area contributed by atoms with Crippen LogP contribution in [0.15, 0.2) is 12.1 Å². The summed E-state index contributed by atoms with van der Waals surface area (Å²) in [5.41, 5.74) is -0.108. The van der Waals surface area contributed by atoms with Gasteiger partial charge in [0.15, 0.2) is 11.5 Å². The molecule has 25 heavy (non-hydrogen) atoms. The molecule has 2 atom stereocenters.